The molecule has 0 aromatic carbocycles. The van der Waals surface area contributed by atoms with Crippen LogP contribution < -0.4 is 5.73 Å². The van der Waals surface area contributed by atoms with Gasteiger partial charge in [-0.25, -0.2) is 0 Å². The number of carbonyl (C=O) groups excluding carboxylic acids is 1. The van der Waals surface area contributed by atoms with E-state index in [9.17, 15) is 4.79 Å². The van der Waals surface area contributed by atoms with E-state index in [0.717, 1.165) is 13.0 Å². The Morgan fingerprint density at radius 2 is 2.17 bits per heavy atom. The van der Waals surface area contributed by atoms with Gasteiger partial charge in [-0.3, -0.25) is 9.69 Å². The molecule has 0 aromatic heterocycles. The molecule has 4 nitrogen and oxygen atoms in total. The number of ether oxygens (including phenoxy) is 1. The van der Waals surface area contributed by atoms with Crippen molar-refractivity contribution in [2.75, 3.05) is 13.7 Å². The van der Waals surface area contributed by atoms with Crippen molar-refractivity contribution in [2.24, 2.45) is 5.73 Å². The third-order valence-electron chi connectivity index (χ3n) is 4.19. The number of likely N-dealkylation sites (tertiary alicyclic amines) is 1. The largest absolute Gasteiger partial charge is 0.468 e. The zero-order valence-corrected chi connectivity index (χ0v) is 12.2. The van der Waals surface area contributed by atoms with Crippen molar-refractivity contribution in [2.45, 2.75) is 70.5 Å². The minimum atomic E-state index is -0.848. The quantitative estimate of drug-likeness (QED) is 0.738. The number of hydrogen-bond donors (Lipinski definition) is 1. The Bertz CT molecular complexity index is 279. The molecule has 0 amide bonds. The fraction of sp³-hybridized carbons (Fsp3) is 0.929. The second-order valence-corrected chi connectivity index (χ2v) is 5.74. The second-order valence-electron chi connectivity index (χ2n) is 5.74. The molecule has 0 radical (unpaired) electrons. The average Bonchev–Trinajstić information content (AvgIpc) is 2.69. The molecule has 4 heteroatoms. The summed E-state index contributed by atoms with van der Waals surface area (Å²) in [5, 5.41) is 0. The Kier molecular flexibility index (Phi) is 5.60. The Hall–Kier alpha value is -0.610. The lowest BCUT2D eigenvalue weighted by atomic mass is 9.97. The van der Waals surface area contributed by atoms with Gasteiger partial charge in [0.1, 0.15) is 5.54 Å². The molecule has 0 aromatic rings. The lowest BCUT2D eigenvalue weighted by Gasteiger charge is -2.29. The first-order chi connectivity index (χ1) is 8.42. The Morgan fingerprint density at radius 3 is 2.72 bits per heavy atom. The van der Waals surface area contributed by atoms with Crippen LogP contribution in [0.25, 0.3) is 0 Å². The molecular formula is C14H28N2O2. The molecule has 1 aliphatic heterocycles. The molecule has 1 rings (SSSR count). The minimum absolute atomic E-state index is 0.316. The molecule has 0 bridgehead atoms. The van der Waals surface area contributed by atoms with Crippen LogP contribution in [0.4, 0.5) is 0 Å². The van der Waals surface area contributed by atoms with Gasteiger partial charge in [0, 0.05) is 12.1 Å². The predicted molar refractivity (Wildman–Crippen MR) is 73.3 cm³/mol. The standard InChI is InChI=1S/C14H28N2O2/c1-5-12-8-7-11(2)16(12)10-6-9-14(3,15)13(17)18-4/h11-12H,5-10,15H2,1-4H3. The molecule has 2 N–H and O–H groups in total. The maximum absolute atomic E-state index is 11.5. The van der Waals surface area contributed by atoms with Crippen LogP contribution in [0.3, 0.4) is 0 Å². The van der Waals surface area contributed by atoms with Gasteiger partial charge in [-0.2, -0.15) is 0 Å². The highest BCUT2D eigenvalue weighted by atomic mass is 16.5. The van der Waals surface area contributed by atoms with Crippen molar-refractivity contribution < 1.29 is 9.53 Å². The Morgan fingerprint density at radius 1 is 1.50 bits per heavy atom. The Labute approximate surface area is 111 Å². The van der Waals surface area contributed by atoms with Gasteiger partial charge >= 0.3 is 5.97 Å². The van der Waals surface area contributed by atoms with E-state index in [1.807, 2.05) is 0 Å². The van der Waals surface area contributed by atoms with Crippen LogP contribution in [0, 0.1) is 0 Å². The molecule has 106 valence electrons. The first-order valence-electron chi connectivity index (χ1n) is 7.05. The van der Waals surface area contributed by atoms with E-state index in [4.69, 9.17) is 10.5 Å². The summed E-state index contributed by atoms with van der Waals surface area (Å²) in [4.78, 5) is 14.0. The van der Waals surface area contributed by atoms with E-state index in [1.165, 1.54) is 26.4 Å². The molecule has 0 aliphatic carbocycles. The molecule has 0 spiro atoms. The summed E-state index contributed by atoms with van der Waals surface area (Å²) in [5.74, 6) is -0.316. The summed E-state index contributed by atoms with van der Waals surface area (Å²) in [6.45, 7) is 7.32. The fourth-order valence-electron chi connectivity index (χ4n) is 2.93. The fourth-order valence-corrected chi connectivity index (χ4v) is 2.93. The minimum Gasteiger partial charge on any atom is -0.468 e. The summed E-state index contributed by atoms with van der Waals surface area (Å²) >= 11 is 0. The van der Waals surface area contributed by atoms with Crippen LogP contribution in [0.1, 0.15) is 52.9 Å². The van der Waals surface area contributed by atoms with Crippen molar-refractivity contribution in [3.8, 4) is 0 Å². The van der Waals surface area contributed by atoms with Gasteiger partial charge in [-0.05, 0) is 52.5 Å². The first kappa shape index (κ1) is 15.4. The highest BCUT2D eigenvalue weighted by Gasteiger charge is 2.32. The van der Waals surface area contributed by atoms with E-state index in [2.05, 4.69) is 18.7 Å². The summed E-state index contributed by atoms with van der Waals surface area (Å²) in [7, 11) is 1.39. The first-order valence-corrected chi connectivity index (χ1v) is 7.05. The molecule has 1 saturated heterocycles. The Balaban J connectivity index is 2.39. The third kappa shape index (κ3) is 3.69. The smallest absolute Gasteiger partial charge is 0.325 e. The number of carbonyl (C=O) groups is 1. The van der Waals surface area contributed by atoms with Crippen molar-refractivity contribution in [1.29, 1.82) is 0 Å². The average molecular weight is 256 g/mol. The second kappa shape index (κ2) is 6.53. The van der Waals surface area contributed by atoms with Crippen molar-refractivity contribution in [1.82, 2.24) is 4.90 Å². The predicted octanol–water partition coefficient (Wildman–Crippen LogP) is 1.92. The van der Waals surface area contributed by atoms with Gasteiger partial charge in [0.2, 0.25) is 0 Å². The van der Waals surface area contributed by atoms with E-state index < -0.39 is 5.54 Å². The number of hydrogen-bond acceptors (Lipinski definition) is 4. The monoisotopic (exact) mass is 256 g/mol. The van der Waals surface area contributed by atoms with Crippen LogP contribution in [-0.4, -0.2) is 42.1 Å². The summed E-state index contributed by atoms with van der Waals surface area (Å²) < 4.78 is 4.72. The topological polar surface area (TPSA) is 55.6 Å². The molecule has 1 heterocycles. The van der Waals surface area contributed by atoms with Gasteiger partial charge in [0.15, 0.2) is 0 Å². The molecule has 1 aliphatic rings. The number of esters is 1. The molecular weight excluding hydrogens is 228 g/mol. The van der Waals surface area contributed by atoms with Crippen LogP contribution in [-0.2, 0) is 9.53 Å². The van der Waals surface area contributed by atoms with Gasteiger partial charge in [-0.15, -0.1) is 0 Å². The van der Waals surface area contributed by atoms with Gasteiger partial charge < -0.3 is 10.5 Å². The summed E-state index contributed by atoms with van der Waals surface area (Å²) in [6.07, 6.45) is 5.42. The number of nitrogens with zero attached hydrogens (tertiary/aromatic N) is 1. The summed E-state index contributed by atoms with van der Waals surface area (Å²) in [5.41, 5.74) is 5.12. The molecule has 18 heavy (non-hydrogen) atoms. The maximum atomic E-state index is 11.5. The molecule has 0 saturated carbocycles. The molecule has 3 atom stereocenters. The molecule has 3 unspecified atom stereocenters. The van der Waals surface area contributed by atoms with Gasteiger partial charge in [0.25, 0.3) is 0 Å². The highest BCUT2D eigenvalue weighted by molar-refractivity contribution is 5.79. The van der Waals surface area contributed by atoms with E-state index >= 15 is 0 Å². The van der Waals surface area contributed by atoms with Crippen LogP contribution >= 0.6 is 0 Å². The van der Waals surface area contributed by atoms with Crippen molar-refractivity contribution >= 4 is 5.97 Å². The lowest BCUT2D eigenvalue weighted by Crippen LogP contribution is -2.46. The third-order valence-corrected chi connectivity index (χ3v) is 4.19. The summed E-state index contributed by atoms with van der Waals surface area (Å²) in [6, 6.07) is 1.37. The van der Waals surface area contributed by atoms with E-state index in [0.29, 0.717) is 18.5 Å². The maximum Gasteiger partial charge on any atom is 0.325 e. The zero-order chi connectivity index (χ0) is 13.8. The van der Waals surface area contributed by atoms with E-state index in [1.54, 1.807) is 6.92 Å². The SMILES string of the molecule is CCC1CCC(C)N1CCCC(C)(N)C(=O)OC. The van der Waals surface area contributed by atoms with Crippen LogP contribution in [0.5, 0.6) is 0 Å². The van der Waals surface area contributed by atoms with Gasteiger partial charge in [-0.1, -0.05) is 6.92 Å². The lowest BCUT2D eigenvalue weighted by molar-refractivity contribution is -0.146. The van der Waals surface area contributed by atoms with Crippen molar-refractivity contribution in [3.63, 3.8) is 0 Å². The van der Waals surface area contributed by atoms with E-state index in [-0.39, 0.29) is 5.97 Å². The van der Waals surface area contributed by atoms with Crippen LogP contribution in [0.15, 0.2) is 0 Å². The van der Waals surface area contributed by atoms with Gasteiger partial charge in [0.05, 0.1) is 7.11 Å². The van der Waals surface area contributed by atoms with Crippen molar-refractivity contribution in [3.05, 3.63) is 0 Å². The zero-order valence-electron chi connectivity index (χ0n) is 12.2. The number of nitrogens with two attached hydrogens (primary N) is 1. The molecule has 1 fully saturated rings. The highest BCUT2D eigenvalue weighted by Crippen LogP contribution is 2.26. The normalized spacial score (nSPS) is 28.1. The number of methoxy groups -OCH3 is 1. The number of rotatable bonds is 6. The van der Waals surface area contributed by atoms with Crippen LogP contribution in [0.2, 0.25) is 0 Å².